The third kappa shape index (κ3) is 8.87. The number of ether oxygens (including phenoxy) is 3. The van der Waals surface area contributed by atoms with E-state index in [0.29, 0.717) is 37.4 Å². The Balaban J connectivity index is 1.59. The highest BCUT2D eigenvalue weighted by atomic mass is 16.5. The van der Waals surface area contributed by atoms with Crippen molar-refractivity contribution in [1.29, 1.82) is 0 Å². The number of aryl methyl sites for hydroxylation is 1. The lowest BCUT2D eigenvalue weighted by Crippen LogP contribution is -2.53. The van der Waals surface area contributed by atoms with Crippen molar-refractivity contribution in [1.82, 2.24) is 26.3 Å². The summed E-state index contributed by atoms with van der Waals surface area (Å²) in [6.45, 7) is 5.49. The van der Waals surface area contributed by atoms with Crippen LogP contribution in [0.4, 0.5) is 0 Å². The van der Waals surface area contributed by atoms with Crippen LogP contribution in [0.5, 0.6) is 5.75 Å². The van der Waals surface area contributed by atoms with Crippen LogP contribution >= 0.6 is 0 Å². The van der Waals surface area contributed by atoms with Gasteiger partial charge in [0.25, 0.3) is 0 Å². The number of rotatable bonds is 9. The van der Waals surface area contributed by atoms with Crippen molar-refractivity contribution in [2.24, 2.45) is 0 Å². The Morgan fingerprint density at radius 1 is 0.703 bits per heavy atom. The quantitative estimate of drug-likeness (QED) is 0.372. The van der Waals surface area contributed by atoms with Crippen molar-refractivity contribution in [2.75, 3.05) is 47.1 Å². The van der Waals surface area contributed by atoms with Crippen LogP contribution < -0.4 is 26.0 Å². The lowest BCUT2D eigenvalue weighted by molar-refractivity contribution is 0.145. The predicted molar refractivity (Wildman–Crippen MR) is 148 cm³/mol. The summed E-state index contributed by atoms with van der Waals surface area (Å²) in [7, 11) is 3.49. The molecule has 0 spiro atoms. The van der Waals surface area contributed by atoms with Gasteiger partial charge in [0, 0.05) is 71.2 Å². The Bertz CT molecular complexity index is 795. The van der Waals surface area contributed by atoms with E-state index in [2.05, 4.69) is 27.3 Å². The van der Waals surface area contributed by atoms with Gasteiger partial charge < -0.3 is 35.5 Å². The van der Waals surface area contributed by atoms with E-state index in [0.717, 1.165) is 63.5 Å². The first kappa shape index (κ1) is 28.7. The zero-order valence-electron chi connectivity index (χ0n) is 23.3. The summed E-state index contributed by atoms with van der Waals surface area (Å²) in [5.74, 6) is 0.900. The first-order valence-corrected chi connectivity index (χ1v) is 14.8. The minimum Gasteiger partial charge on any atom is -0.489 e. The average molecular weight is 518 g/mol. The monoisotopic (exact) mass is 517 g/mol. The van der Waals surface area contributed by atoms with Gasteiger partial charge in [0.1, 0.15) is 12.4 Å². The van der Waals surface area contributed by atoms with Crippen LogP contribution in [-0.4, -0.2) is 76.3 Å². The van der Waals surface area contributed by atoms with Crippen LogP contribution in [0.15, 0.2) is 6.07 Å². The summed E-state index contributed by atoms with van der Waals surface area (Å²) in [4.78, 5) is 5.27. The molecule has 4 rings (SSSR count). The number of aromatic nitrogens is 1. The number of unbranched alkanes of at least 4 members (excludes halogenated alkanes) is 1. The van der Waals surface area contributed by atoms with Crippen LogP contribution in [0.25, 0.3) is 0 Å². The third-order valence-corrected chi connectivity index (χ3v) is 8.35. The van der Waals surface area contributed by atoms with E-state index in [1.807, 2.05) is 0 Å². The molecule has 37 heavy (non-hydrogen) atoms. The number of nitrogens with one attached hydrogen (secondary N) is 4. The highest BCUT2D eigenvalue weighted by molar-refractivity contribution is 5.36. The van der Waals surface area contributed by atoms with Gasteiger partial charge in [-0.25, -0.2) is 0 Å². The normalized spacial score (nSPS) is 27.4. The summed E-state index contributed by atoms with van der Waals surface area (Å²) < 4.78 is 16.8. The standard InChI is InChI=1S/C29H51N5O3/c1-35-16-8-7-9-22-19-29(37-18-17-36-2)28-21-33-26-13-6-4-11-24(26)31-15-14-30-23-10-3-5-12-25(23)32-20-27(22)34-28/h19,23-26,30-33H,3-18,20-21H2,1-2H3/t23-,24-,25-,26-/m1/s1. The predicted octanol–water partition coefficient (Wildman–Crippen LogP) is 3.07. The van der Waals surface area contributed by atoms with E-state index >= 15 is 0 Å². The third-order valence-electron chi connectivity index (χ3n) is 8.35. The summed E-state index contributed by atoms with van der Waals surface area (Å²) in [6.07, 6.45) is 13.3. The number of fused-ring (bicyclic) bond motifs is 4. The lowest BCUT2D eigenvalue weighted by atomic mass is 9.89. The number of pyridine rings is 1. The average Bonchev–Trinajstić information content (AvgIpc) is 2.93. The van der Waals surface area contributed by atoms with Crippen molar-refractivity contribution < 1.29 is 14.2 Å². The molecule has 0 saturated heterocycles. The molecule has 4 atom stereocenters. The molecular formula is C29H51N5O3. The minimum atomic E-state index is 0.463. The maximum Gasteiger partial charge on any atom is 0.142 e. The molecule has 2 heterocycles. The zero-order valence-corrected chi connectivity index (χ0v) is 23.3. The van der Waals surface area contributed by atoms with E-state index in [1.165, 1.54) is 62.6 Å². The Labute approximate surface area is 224 Å². The van der Waals surface area contributed by atoms with Gasteiger partial charge in [0.2, 0.25) is 0 Å². The SMILES string of the molecule is COCCCCc1cc(OCCOC)c2nc1CN[C@@H]1CCCC[C@H]1NCCN[C@@H]1CCCC[C@H]1NC2. The van der Waals surface area contributed by atoms with Crippen LogP contribution in [0.3, 0.4) is 0 Å². The molecule has 2 aliphatic carbocycles. The van der Waals surface area contributed by atoms with E-state index in [-0.39, 0.29) is 0 Å². The molecule has 0 unspecified atom stereocenters. The van der Waals surface area contributed by atoms with E-state index in [1.54, 1.807) is 14.2 Å². The molecule has 2 fully saturated rings. The van der Waals surface area contributed by atoms with Crippen LogP contribution in [0.1, 0.15) is 81.2 Å². The van der Waals surface area contributed by atoms with Crippen molar-refractivity contribution in [3.63, 3.8) is 0 Å². The highest BCUT2D eigenvalue weighted by Gasteiger charge is 2.27. The first-order valence-electron chi connectivity index (χ1n) is 14.8. The van der Waals surface area contributed by atoms with Gasteiger partial charge in [-0.05, 0) is 56.6 Å². The molecule has 8 nitrogen and oxygen atoms in total. The van der Waals surface area contributed by atoms with Gasteiger partial charge in [0.15, 0.2) is 0 Å². The molecule has 4 N–H and O–H groups in total. The van der Waals surface area contributed by atoms with Crippen molar-refractivity contribution in [3.8, 4) is 5.75 Å². The van der Waals surface area contributed by atoms with Gasteiger partial charge in [-0.3, -0.25) is 4.98 Å². The Morgan fingerprint density at radius 2 is 1.27 bits per heavy atom. The molecule has 1 aliphatic heterocycles. The van der Waals surface area contributed by atoms with Crippen molar-refractivity contribution >= 4 is 0 Å². The van der Waals surface area contributed by atoms with E-state index < -0.39 is 0 Å². The maximum atomic E-state index is 6.24. The number of hydrogen-bond donors (Lipinski definition) is 4. The summed E-state index contributed by atoms with van der Waals surface area (Å²) in [6, 6.07) is 4.25. The van der Waals surface area contributed by atoms with Crippen LogP contribution in [-0.2, 0) is 29.0 Å². The van der Waals surface area contributed by atoms with E-state index in [4.69, 9.17) is 19.2 Å². The van der Waals surface area contributed by atoms with Gasteiger partial charge in [-0.15, -0.1) is 0 Å². The maximum absolute atomic E-state index is 6.24. The van der Waals surface area contributed by atoms with E-state index in [9.17, 15) is 0 Å². The molecule has 0 amide bonds. The lowest BCUT2D eigenvalue weighted by Gasteiger charge is -2.34. The molecule has 0 radical (unpaired) electrons. The summed E-state index contributed by atoms with van der Waals surface area (Å²) >= 11 is 0. The Kier molecular flexibility index (Phi) is 12.4. The fraction of sp³-hybridized carbons (Fsp3) is 0.828. The molecule has 3 aliphatic rings. The second-order valence-corrected chi connectivity index (χ2v) is 11.0. The highest BCUT2D eigenvalue weighted by Crippen LogP contribution is 2.26. The van der Waals surface area contributed by atoms with Gasteiger partial charge in [-0.1, -0.05) is 25.7 Å². The van der Waals surface area contributed by atoms with Crippen LogP contribution in [0, 0.1) is 0 Å². The smallest absolute Gasteiger partial charge is 0.142 e. The minimum absolute atomic E-state index is 0.463. The number of hydrogen-bond acceptors (Lipinski definition) is 8. The van der Waals surface area contributed by atoms with Crippen molar-refractivity contribution in [2.45, 2.75) is 108 Å². The summed E-state index contributed by atoms with van der Waals surface area (Å²) in [5, 5.41) is 15.5. The van der Waals surface area contributed by atoms with Crippen LogP contribution in [0.2, 0.25) is 0 Å². The second-order valence-electron chi connectivity index (χ2n) is 11.0. The molecule has 2 bridgehead atoms. The largest absolute Gasteiger partial charge is 0.489 e. The molecule has 1 aromatic heterocycles. The molecule has 0 aromatic carbocycles. The molecule has 2 saturated carbocycles. The number of methoxy groups -OCH3 is 2. The fourth-order valence-corrected chi connectivity index (χ4v) is 6.24. The first-order chi connectivity index (χ1) is 18.3. The summed E-state index contributed by atoms with van der Waals surface area (Å²) in [5.41, 5.74) is 3.48. The Morgan fingerprint density at radius 3 is 1.86 bits per heavy atom. The molecule has 1 aromatic rings. The molecular weight excluding hydrogens is 466 g/mol. The molecule has 8 heteroatoms. The molecule has 210 valence electrons. The Hall–Kier alpha value is -1.29. The second kappa shape index (κ2) is 16.0. The van der Waals surface area contributed by atoms with Gasteiger partial charge in [0.05, 0.1) is 18.0 Å². The van der Waals surface area contributed by atoms with Gasteiger partial charge >= 0.3 is 0 Å². The number of nitrogens with zero attached hydrogens (tertiary/aromatic N) is 1. The topological polar surface area (TPSA) is 88.7 Å². The zero-order chi connectivity index (χ0) is 25.7. The van der Waals surface area contributed by atoms with Crippen molar-refractivity contribution in [3.05, 3.63) is 23.0 Å². The van der Waals surface area contributed by atoms with Gasteiger partial charge in [-0.2, -0.15) is 0 Å². The fourth-order valence-electron chi connectivity index (χ4n) is 6.24.